The highest BCUT2D eigenvalue weighted by Gasteiger charge is 2.35. The molecule has 178 valence electrons. The van der Waals surface area contributed by atoms with Crippen LogP contribution in [-0.4, -0.2) is 16.3 Å². The van der Waals surface area contributed by atoms with Crippen LogP contribution in [0, 0.1) is 33.6 Å². The lowest BCUT2D eigenvalue weighted by Gasteiger charge is -2.29. The summed E-state index contributed by atoms with van der Waals surface area (Å²) in [6, 6.07) is 27.3. The van der Waals surface area contributed by atoms with Crippen LogP contribution in [0.2, 0.25) is 0 Å². The maximum absolute atomic E-state index is 5.24. The molecule has 0 unspecified atom stereocenters. The summed E-state index contributed by atoms with van der Waals surface area (Å²) < 4.78 is 2.43. The van der Waals surface area contributed by atoms with Gasteiger partial charge in [0.2, 0.25) is 6.71 Å². The highest BCUT2D eigenvalue weighted by Crippen LogP contribution is 2.31. The van der Waals surface area contributed by atoms with Gasteiger partial charge >= 0.3 is 0 Å². The van der Waals surface area contributed by atoms with E-state index in [1.807, 2.05) is 0 Å². The standard InChI is InChI=1S/C33H33BN2/c1-20(2)15-25-13-14-30-28(19-25)34(31-23(5)9-7-10-24(31)6)27-11-8-12-29-32(27)36(30)33(35-29)26-17-21(3)16-22(4)18-26/h7-14,16-20H,15H2,1-6H3. The van der Waals surface area contributed by atoms with Gasteiger partial charge in [0.1, 0.15) is 5.82 Å². The summed E-state index contributed by atoms with van der Waals surface area (Å²) in [5, 5.41) is 0. The van der Waals surface area contributed by atoms with Crippen LogP contribution >= 0.6 is 0 Å². The van der Waals surface area contributed by atoms with E-state index in [1.165, 1.54) is 61.0 Å². The van der Waals surface area contributed by atoms with E-state index >= 15 is 0 Å². The molecule has 0 aliphatic carbocycles. The summed E-state index contributed by atoms with van der Waals surface area (Å²) in [4.78, 5) is 5.24. The predicted octanol–water partition coefficient (Wildman–Crippen LogP) is 5.95. The Morgan fingerprint density at radius 2 is 1.47 bits per heavy atom. The Balaban J connectivity index is 1.72. The van der Waals surface area contributed by atoms with Crippen molar-refractivity contribution in [2.24, 2.45) is 5.92 Å². The zero-order chi connectivity index (χ0) is 25.1. The summed E-state index contributed by atoms with van der Waals surface area (Å²) in [5.41, 5.74) is 15.5. The fraction of sp³-hybridized carbons (Fsp3) is 0.242. The van der Waals surface area contributed by atoms with Gasteiger partial charge < -0.3 is 0 Å². The molecule has 0 radical (unpaired) electrons. The zero-order valence-electron chi connectivity index (χ0n) is 22.2. The van der Waals surface area contributed by atoms with E-state index in [0.717, 1.165) is 17.8 Å². The molecule has 0 saturated heterocycles. The van der Waals surface area contributed by atoms with Crippen molar-refractivity contribution in [3.63, 3.8) is 0 Å². The van der Waals surface area contributed by atoms with E-state index in [0.29, 0.717) is 5.92 Å². The monoisotopic (exact) mass is 468 g/mol. The van der Waals surface area contributed by atoms with Crippen molar-refractivity contribution in [3.8, 4) is 17.1 Å². The minimum absolute atomic E-state index is 0.188. The van der Waals surface area contributed by atoms with Gasteiger partial charge in [-0.3, -0.25) is 4.57 Å². The molecule has 1 aromatic heterocycles. The Morgan fingerprint density at radius 3 is 2.17 bits per heavy atom. The average molecular weight is 468 g/mol. The summed E-state index contributed by atoms with van der Waals surface area (Å²) in [6.45, 7) is 13.6. The van der Waals surface area contributed by atoms with Crippen LogP contribution in [0.25, 0.3) is 28.1 Å². The number of aromatic nitrogens is 2. The number of imidazole rings is 1. The largest absolute Gasteiger partial charge is 0.293 e. The highest BCUT2D eigenvalue weighted by molar-refractivity contribution is 6.98. The molecule has 3 heteroatoms. The molecule has 0 N–H and O–H groups in total. The minimum atomic E-state index is 0.188. The van der Waals surface area contributed by atoms with Gasteiger partial charge in [-0.05, 0) is 80.8 Å². The Hall–Kier alpha value is -3.59. The second kappa shape index (κ2) is 8.52. The Bertz CT molecular complexity index is 1600. The molecule has 2 heterocycles. The first-order chi connectivity index (χ1) is 17.3. The molecule has 0 bridgehead atoms. The molecule has 2 nitrogen and oxygen atoms in total. The van der Waals surface area contributed by atoms with Gasteiger partial charge in [-0.25, -0.2) is 4.98 Å². The summed E-state index contributed by atoms with van der Waals surface area (Å²) in [5.74, 6) is 1.64. The van der Waals surface area contributed by atoms with Gasteiger partial charge in [-0.2, -0.15) is 0 Å². The maximum Gasteiger partial charge on any atom is 0.247 e. The number of para-hydroxylation sites is 1. The third kappa shape index (κ3) is 3.61. The minimum Gasteiger partial charge on any atom is -0.293 e. The van der Waals surface area contributed by atoms with Crippen molar-refractivity contribution >= 4 is 34.1 Å². The number of hydrogen-bond acceptors (Lipinski definition) is 1. The molecule has 5 aromatic rings. The van der Waals surface area contributed by atoms with Crippen molar-refractivity contribution in [3.05, 3.63) is 101 Å². The van der Waals surface area contributed by atoms with Gasteiger partial charge in [-0.1, -0.05) is 90.1 Å². The molecule has 0 saturated carbocycles. The molecule has 0 fully saturated rings. The molecular weight excluding hydrogens is 435 g/mol. The predicted molar refractivity (Wildman–Crippen MR) is 155 cm³/mol. The van der Waals surface area contributed by atoms with E-state index in [2.05, 4.69) is 119 Å². The smallest absolute Gasteiger partial charge is 0.247 e. The third-order valence-electron chi connectivity index (χ3n) is 7.62. The van der Waals surface area contributed by atoms with Crippen LogP contribution in [-0.2, 0) is 6.42 Å². The van der Waals surface area contributed by atoms with Crippen LogP contribution < -0.4 is 16.4 Å². The van der Waals surface area contributed by atoms with Crippen LogP contribution in [0.1, 0.15) is 41.7 Å². The van der Waals surface area contributed by atoms with E-state index < -0.39 is 0 Å². The third-order valence-corrected chi connectivity index (χ3v) is 7.62. The quantitative estimate of drug-likeness (QED) is 0.292. The van der Waals surface area contributed by atoms with Crippen LogP contribution in [0.4, 0.5) is 0 Å². The van der Waals surface area contributed by atoms with Gasteiger partial charge in [-0.15, -0.1) is 0 Å². The highest BCUT2D eigenvalue weighted by atomic mass is 15.1. The molecule has 0 spiro atoms. The molecule has 4 aromatic carbocycles. The maximum atomic E-state index is 5.24. The van der Waals surface area contributed by atoms with Crippen LogP contribution in [0.5, 0.6) is 0 Å². The number of benzene rings is 4. The molecular formula is C33H33BN2. The molecule has 0 amide bonds. The fourth-order valence-electron chi connectivity index (χ4n) is 6.32. The van der Waals surface area contributed by atoms with Crippen LogP contribution in [0.15, 0.2) is 72.8 Å². The SMILES string of the molecule is Cc1cc(C)cc(-c2nc3cccc4c3n2-c2ccc(CC(C)C)cc2B4c2c(C)cccc2C)c1. The summed E-state index contributed by atoms with van der Waals surface area (Å²) in [7, 11) is 0. The lowest BCUT2D eigenvalue weighted by Crippen LogP contribution is -2.57. The number of rotatable bonds is 4. The second-order valence-electron chi connectivity index (χ2n) is 11.1. The Morgan fingerprint density at radius 1 is 0.778 bits per heavy atom. The van der Waals surface area contributed by atoms with Crippen molar-refractivity contribution in [2.75, 3.05) is 0 Å². The van der Waals surface area contributed by atoms with E-state index in [-0.39, 0.29) is 6.71 Å². The van der Waals surface area contributed by atoms with E-state index in [9.17, 15) is 0 Å². The topological polar surface area (TPSA) is 17.8 Å². The van der Waals surface area contributed by atoms with E-state index in [1.54, 1.807) is 0 Å². The summed E-state index contributed by atoms with van der Waals surface area (Å²) >= 11 is 0. The molecule has 1 aliphatic rings. The normalized spacial score (nSPS) is 12.5. The van der Waals surface area contributed by atoms with Gasteiger partial charge in [0.25, 0.3) is 0 Å². The van der Waals surface area contributed by atoms with Crippen molar-refractivity contribution in [1.29, 1.82) is 0 Å². The zero-order valence-corrected chi connectivity index (χ0v) is 22.2. The number of aryl methyl sites for hydroxylation is 4. The molecule has 6 rings (SSSR count). The number of hydrogen-bond donors (Lipinski definition) is 0. The van der Waals surface area contributed by atoms with Crippen molar-refractivity contribution in [1.82, 2.24) is 9.55 Å². The molecule has 1 aliphatic heterocycles. The van der Waals surface area contributed by atoms with Gasteiger partial charge in [0.05, 0.1) is 11.0 Å². The summed E-state index contributed by atoms with van der Waals surface area (Å²) in [6.07, 6.45) is 1.08. The van der Waals surface area contributed by atoms with Crippen molar-refractivity contribution < 1.29 is 0 Å². The molecule has 36 heavy (non-hydrogen) atoms. The average Bonchev–Trinajstić information content (AvgIpc) is 3.21. The Kier molecular flexibility index (Phi) is 5.41. The van der Waals surface area contributed by atoms with Gasteiger partial charge in [0, 0.05) is 11.3 Å². The first-order valence-corrected chi connectivity index (χ1v) is 13.1. The fourth-order valence-corrected chi connectivity index (χ4v) is 6.32. The van der Waals surface area contributed by atoms with Crippen molar-refractivity contribution in [2.45, 2.75) is 48.0 Å². The Labute approximate surface area is 215 Å². The number of nitrogens with zero attached hydrogens (tertiary/aromatic N) is 2. The second-order valence-corrected chi connectivity index (χ2v) is 11.1. The molecule has 0 atom stereocenters. The number of fused-ring (bicyclic) bond motifs is 2. The van der Waals surface area contributed by atoms with Crippen LogP contribution in [0.3, 0.4) is 0 Å². The lowest BCUT2D eigenvalue weighted by molar-refractivity contribution is 0.647. The lowest BCUT2D eigenvalue weighted by atomic mass is 9.34. The first-order valence-electron chi connectivity index (χ1n) is 13.1. The van der Waals surface area contributed by atoms with Gasteiger partial charge in [0.15, 0.2) is 0 Å². The van der Waals surface area contributed by atoms with E-state index in [4.69, 9.17) is 4.98 Å². The first kappa shape index (κ1) is 22.9.